The quantitative estimate of drug-likeness (QED) is 0.657. The summed E-state index contributed by atoms with van der Waals surface area (Å²) in [6.07, 6.45) is 2.82. The summed E-state index contributed by atoms with van der Waals surface area (Å²) in [6.45, 7) is 2.03. The molecule has 0 saturated carbocycles. The third kappa shape index (κ3) is 1.24. The number of hydrogen-bond donors (Lipinski definition) is 1. The molecule has 2 rings (SSSR count). The molecule has 0 aliphatic carbocycles. The van der Waals surface area contributed by atoms with E-state index in [9.17, 15) is 4.79 Å². The Morgan fingerprint density at radius 2 is 2.15 bits per heavy atom. The molecule has 1 aromatic rings. The zero-order valence-corrected chi connectivity index (χ0v) is 7.45. The van der Waals surface area contributed by atoms with Crippen molar-refractivity contribution >= 4 is 11.9 Å². The number of benzene rings is 1. The molecule has 1 atom stereocenters. The van der Waals surface area contributed by atoms with Crippen molar-refractivity contribution < 1.29 is 4.79 Å². The van der Waals surface area contributed by atoms with Crippen molar-refractivity contribution in [1.29, 1.82) is 0 Å². The topological polar surface area (TPSA) is 29.1 Å². The number of carbonyl (C=O) groups excluding carboxylic acids is 1. The predicted octanol–water partition coefficient (Wildman–Crippen LogP) is 1.89. The molecular formula is C11H11NO. The highest BCUT2D eigenvalue weighted by molar-refractivity contribution is 5.75. The van der Waals surface area contributed by atoms with Crippen molar-refractivity contribution in [3.63, 3.8) is 0 Å². The van der Waals surface area contributed by atoms with E-state index in [1.807, 2.05) is 37.4 Å². The van der Waals surface area contributed by atoms with Gasteiger partial charge in [-0.2, -0.15) is 0 Å². The maximum atomic E-state index is 10.7. The van der Waals surface area contributed by atoms with E-state index in [-0.39, 0.29) is 6.04 Å². The molecule has 0 spiro atoms. The van der Waals surface area contributed by atoms with Gasteiger partial charge in [-0.15, -0.1) is 0 Å². The zero-order valence-electron chi connectivity index (χ0n) is 7.45. The first-order chi connectivity index (χ1) is 6.33. The maximum Gasteiger partial charge on any atom is 0.146 e. The molecule has 1 aromatic carbocycles. The number of nitrogens with one attached hydrogen (secondary N) is 1. The maximum absolute atomic E-state index is 10.7. The van der Waals surface area contributed by atoms with Gasteiger partial charge in [-0.25, -0.2) is 0 Å². The van der Waals surface area contributed by atoms with Gasteiger partial charge in [0, 0.05) is 6.20 Å². The Labute approximate surface area is 77.3 Å². The minimum absolute atomic E-state index is 0.181. The average molecular weight is 173 g/mol. The fraction of sp³-hybridized carbons (Fsp3) is 0.182. The van der Waals surface area contributed by atoms with E-state index in [2.05, 4.69) is 5.32 Å². The van der Waals surface area contributed by atoms with Gasteiger partial charge in [0.1, 0.15) is 12.3 Å². The van der Waals surface area contributed by atoms with Crippen LogP contribution in [0.1, 0.15) is 24.1 Å². The number of hydrogen-bond acceptors (Lipinski definition) is 2. The Hall–Kier alpha value is -1.57. The molecule has 0 bridgehead atoms. The highest BCUT2D eigenvalue weighted by Crippen LogP contribution is 2.26. The van der Waals surface area contributed by atoms with E-state index in [1.54, 1.807) is 0 Å². The second-order valence-electron chi connectivity index (χ2n) is 3.20. The Balaban J connectivity index is 2.56. The van der Waals surface area contributed by atoms with Crippen molar-refractivity contribution in [2.45, 2.75) is 13.0 Å². The van der Waals surface area contributed by atoms with Crippen LogP contribution in [0.25, 0.3) is 5.57 Å². The number of rotatable bonds is 1. The van der Waals surface area contributed by atoms with Crippen LogP contribution in [0.4, 0.5) is 0 Å². The van der Waals surface area contributed by atoms with Crippen LogP contribution < -0.4 is 5.32 Å². The summed E-state index contributed by atoms with van der Waals surface area (Å²) in [6, 6.07) is 7.79. The van der Waals surface area contributed by atoms with Crippen molar-refractivity contribution in [2.24, 2.45) is 0 Å². The van der Waals surface area contributed by atoms with Crippen LogP contribution in [0, 0.1) is 0 Å². The van der Waals surface area contributed by atoms with E-state index in [1.165, 1.54) is 11.1 Å². The van der Waals surface area contributed by atoms with E-state index >= 15 is 0 Å². The molecule has 0 aromatic heterocycles. The average Bonchev–Trinajstić information content (AvgIpc) is 2.19. The van der Waals surface area contributed by atoms with E-state index in [0.717, 1.165) is 11.8 Å². The molecule has 0 amide bonds. The summed E-state index contributed by atoms with van der Waals surface area (Å²) in [5.41, 5.74) is 3.41. The molecule has 1 aliphatic rings. The number of carbonyl (C=O) groups is 1. The molecular weight excluding hydrogens is 162 g/mol. The Morgan fingerprint density at radius 1 is 1.38 bits per heavy atom. The fourth-order valence-electron chi connectivity index (χ4n) is 1.62. The van der Waals surface area contributed by atoms with Gasteiger partial charge in [-0.3, -0.25) is 0 Å². The highest BCUT2D eigenvalue weighted by Gasteiger charge is 2.17. The van der Waals surface area contributed by atoms with Gasteiger partial charge in [0.05, 0.1) is 0 Å². The lowest BCUT2D eigenvalue weighted by Crippen LogP contribution is -2.22. The second kappa shape index (κ2) is 3.05. The lowest BCUT2D eigenvalue weighted by atomic mass is 9.94. The highest BCUT2D eigenvalue weighted by atomic mass is 16.1. The van der Waals surface area contributed by atoms with Crippen molar-refractivity contribution in [2.75, 3.05) is 0 Å². The first-order valence-corrected chi connectivity index (χ1v) is 4.30. The minimum Gasteiger partial charge on any atom is -0.378 e. The molecule has 2 heteroatoms. The fourth-order valence-corrected chi connectivity index (χ4v) is 1.62. The normalized spacial score (nSPS) is 19.8. The first kappa shape index (κ1) is 8.05. The van der Waals surface area contributed by atoms with Crippen molar-refractivity contribution in [1.82, 2.24) is 5.32 Å². The van der Waals surface area contributed by atoms with Gasteiger partial charge in [-0.05, 0) is 23.6 Å². The van der Waals surface area contributed by atoms with Crippen LogP contribution in [-0.2, 0) is 4.79 Å². The lowest BCUT2D eigenvalue weighted by Gasteiger charge is -2.21. The summed E-state index contributed by atoms with van der Waals surface area (Å²) >= 11 is 0. The molecule has 1 heterocycles. The van der Waals surface area contributed by atoms with Crippen molar-refractivity contribution in [3.8, 4) is 0 Å². The second-order valence-corrected chi connectivity index (χ2v) is 3.20. The van der Waals surface area contributed by atoms with Crippen LogP contribution in [-0.4, -0.2) is 6.29 Å². The molecule has 13 heavy (non-hydrogen) atoms. The van der Waals surface area contributed by atoms with Gasteiger partial charge < -0.3 is 10.1 Å². The summed E-state index contributed by atoms with van der Waals surface area (Å²) in [5, 5.41) is 3.04. The molecule has 1 N–H and O–H groups in total. The third-order valence-electron chi connectivity index (χ3n) is 2.34. The first-order valence-electron chi connectivity index (χ1n) is 4.30. The lowest BCUT2D eigenvalue weighted by molar-refractivity contribution is -0.109. The van der Waals surface area contributed by atoms with E-state index < -0.39 is 0 Å². The molecule has 0 fully saturated rings. The van der Waals surface area contributed by atoms with Gasteiger partial charge in [-0.1, -0.05) is 24.3 Å². The molecule has 1 unspecified atom stereocenters. The Kier molecular flexibility index (Phi) is 1.89. The number of aldehydes is 1. The monoisotopic (exact) mass is 173 g/mol. The standard InChI is InChI=1S/C11H11NO/c1-8-6-12-11(7-13)10-5-3-2-4-9(8)10/h2-7,11-12H,1H3. The Morgan fingerprint density at radius 3 is 2.92 bits per heavy atom. The van der Waals surface area contributed by atoms with Gasteiger partial charge >= 0.3 is 0 Å². The summed E-state index contributed by atoms with van der Waals surface area (Å²) in [4.78, 5) is 10.7. The predicted molar refractivity (Wildman–Crippen MR) is 52.0 cm³/mol. The summed E-state index contributed by atoms with van der Waals surface area (Å²) in [7, 11) is 0. The summed E-state index contributed by atoms with van der Waals surface area (Å²) in [5.74, 6) is 0. The SMILES string of the molecule is CC1=CNC(C=O)c2ccccc21. The third-order valence-corrected chi connectivity index (χ3v) is 2.34. The van der Waals surface area contributed by atoms with Crippen LogP contribution in [0.3, 0.4) is 0 Å². The number of fused-ring (bicyclic) bond motifs is 1. The molecule has 0 radical (unpaired) electrons. The van der Waals surface area contributed by atoms with Crippen LogP contribution >= 0.6 is 0 Å². The smallest absolute Gasteiger partial charge is 0.146 e. The molecule has 1 aliphatic heterocycles. The largest absolute Gasteiger partial charge is 0.378 e. The van der Waals surface area contributed by atoms with E-state index in [4.69, 9.17) is 0 Å². The van der Waals surface area contributed by atoms with Gasteiger partial charge in [0.2, 0.25) is 0 Å². The van der Waals surface area contributed by atoms with Crippen LogP contribution in [0.2, 0.25) is 0 Å². The number of allylic oxidation sites excluding steroid dienone is 1. The van der Waals surface area contributed by atoms with Crippen LogP contribution in [0.15, 0.2) is 30.5 Å². The van der Waals surface area contributed by atoms with E-state index in [0.29, 0.717) is 0 Å². The Bertz CT molecular complexity index is 368. The van der Waals surface area contributed by atoms with Crippen molar-refractivity contribution in [3.05, 3.63) is 41.6 Å². The van der Waals surface area contributed by atoms with Crippen LogP contribution in [0.5, 0.6) is 0 Å². The molecule has 0 saturated heterocycles. The van der Waals surface area contributed by atoms with Gasteiger partial charge in [0.25, 0.3) is 0 Å². The van der Waals surface area contributed by atoms with Gasteiger partial charge in [0.15, 0.2) is 0 Å². The molecule has 66 valence electrons. The summed E-state index contributed by atoms with van der Waals surface area (Å²) < 4.78 is 0. The minimum atomic E-state index is -0.181. The zero-order chi connectivity index (χ0) is 9.26. The molecule has 2 nitrogen and oxygen atoms in total.